The lowest BCUT2D eigenvalue weighted by molar-refractivity contribution is -0.134. The molecule has 122 valence electrons. The summed E-state index contributed by atoms with van der Waals surface area (Å²) in [7, 11) is -3.66. The van der Waals surface area contributed by atoms with Crippen LogP contribution in [0, 0.1) is 0 Å². The molecule has 2 rings (SSSR count). The SMILES string of the molecule is CCC[C@@H](C(=O)N1CCN(S(N)(=O)=O)CC1)c1ccccc1. The van der Waals surface area contributed by atoms with Crippen LogP contribution in [0.4, 0.5) is 0 Å². The number of amides is 1. The Morgan fingerprint density at radius 1 is 1.18 bits per heavy atom. The highest BCUT2D eigenvalue weighted by Gasteiger charge is 2.30. The van der Waals surface area contributed by atoms with E-state index in [-0.39, 0.29) is 24.9 Å². The Labute approximate surface area is 132 Å². The van der Waals surface area contributed by atoms with Gasteiger partial charge in [0.25, 0.3) is 10.2 Å². The molecule has 0 saturated carbocycles. The molecular formula is C15H23N3O3S. The third kappa shape index (κ3) is 4.06. The van der Waals surface area contributed by atoms with Gasteiger partial charge in [0.05, 0.1) is 5.92 Å². The Morgan fingerprint density at radius 2 is 1.77 bits per heavy atom. The van der Waals surface area contributed by atoms with Gasteiger partial charge in [0.15, 0.2) is 0 Å². The first-order chi connectivity index (χ1) is 10.4. The molecule has 1 amide bonds. The zero-order chi connectivity index (χ0) is 16.2. The van der Waals surface area contributed by atoms with E-state index in [1.165, 1.54) is 4.31 Å². The Morgan fingerprint density at radius 3 is 2.27 bits per heavy atom. The number of piperazine rings is 1. The molecule has 0 aliphatic carbocycles. The van der Waals surface area contributed by atoms with E-state index in [4.69, 9.17) is 5.14 Å². The monoisotopic (exact) mass is 325 g/mol. The van der Waals surface area contributed by atoms with E-state index in [0.717, 1.165) is 18.4 Å². The fraction of sp³-hybridized carbons (Fsp3) is 0.533. The zero-order valence-electron chi connectivity index (χ0n) is 12.8. The quantitative estimate of drug-likeness (QED) is 0.873. The van der Waals surface area contributed by atoms with Gasteiger partial charge in [-0.15, -0.1) is 0 Å². The lowest BCUT2D eigenvalue weighted by atomic mass is 9.93. The minimum Gasteiger partial charge on any atom is -0.340 e. The van der Waals surface area contributed by atoms with Crippen LogP contribution in [0.1, 0.15) is 31.2 Å². The third-order valence-electron chi connectivity index (χ3n) is 3.99. The van der Waals surface area contributed by atoms with Gasteiger partial charge in [0, 0.05) is 26.2 Å². The molecule has 1 aliphatic heterocycles. The maximum atomic E-state index is 12.8. The largest absolute Gasteiger partial charge is 0.340 e. The fourth-order valence-corrected chi connectivity index (χ4v) is 3.46. The number of carbonyl (C=O) groups is 1. The summed E-state index contributed by atoms with van der Waals surface area (Å²) in [5.74, 6) is -0.0886. The summed E-state index contributed by atoms with van der Waals surface area (Å²) in [5.41, 5.74) is 1.02. The normalized spacial score (nSPS) is 18.2. The minimum atomic E-state index is -3.66. The third-order valence-corrected chi connectivity index (χ3v) is 5.07. The molecule has 7 heteroatoms. The predicted octanol–water partition coefficient (Wildman–Crippen LogP) is 0.918. The molecule has 0 spiro atoms. The molecule has 0 radical (unpaired) electrons. The lowest BCUT2D eigenvalue weighted by Crippen LogP contribution is -2.53. The number of hydrogen-bond acceptors (Lipinski definition) is 3. The van der Waals surface area contributed by atoms with Crippen LogP contribution in [0.3, 0.4) is 0 Å². The van der Waals surface area contributed by atoms with Gasteiger partial charge < -0.3 is 4.90 Å². The van der Waals surface area contributed by atoms with Crippen LogP contribution in [0.25, 0.3) is 0 Å². The highest BCUT2D eigenvalue weighted by Crippen LogP contribution is 2.24. The van der Waals surface area contributed by atoms with Gasteiger partial charge in [0.2, 0.25) is 5.91 Å². The van der Waals surface area contributed by atoms with Crippen molar-refractivity contribution in [3.63, 3.8) is 0 Å². The van der Waals surface area contributed by atoms with Crippen LogP contribution in [0.15, 0.2) is 30.3 Å². The Kier molecular flexibility index (Phi) is 5.55. The average molecular weight is 325 g/mol. The summed E-state index contributed by atoms with van der Waals surface area (Å²) in [5, 5.41) is 5.13. The second-order valence-corrected chi connectivity index (χ2v) is 7.07. The summed E-state index contributed by atoms with van der Waals surface area (Å²) in [4.78, 5) is 14.5. The van der Waals surface area contributed by atoms with Crippen molar-refractivity contribution in [3.05, 3.63) is 35.9 Å². The average Bonchev–Trinajstić information content (AvgIpc) is 2.52. The van der Waals surface area contributed by atoms with Crippen LogP contribution in [0.2, 0.25) is 0 Å². The summed E-state index contributed by atoms with van der Waals surface area (Å²) >= 11 is 0. The summed E-state index contributed by atoms with van der Waals surface area (Å²) in [6.45, 7) is 3.36. The summed E-state index contributed by atoms with van der Waals surface area (Å²) < 4.78 is 23.9. The van der Waals surface area contributed by atoms with Gasteiger partial charge in [-0.05, 0) is 12.0 Å². The standard InChI is InChI=1S/C15H23N3O3S/c1-2-6-14(13-7-4-3-5-8-13)15(19)17-9-11-18(12-10-17)22(16,20)21/h3-5,7-8,14H,2,6,9-12H2,1H3,(H2,16,20,21)/t14-/m1/s1. The number of nitrogens with two attached hydrogens (primary N) is 1. The molecule has 1 fully saturated rings. The maximum absolute atomic E-state index is 12.8. The Hall–Kier alpha value is -1.44. The molecule has 22 heavy (non-hydrogen) atoms. The zero-order valence-corrected chi connectivity index (χ0v) is 13.6. The topological polar surface area (TPSA) is 83.7 Å². The van der Waals surface area contributed by atoms with E-state index in [0.29, 0.717) is 13.1 Å². The summed E-state index contributed by atoms with van der Waals surface area (Å²) in [6, 6.07) is 9.74. The second-order valence-electron chi connectivity index (χ2n) is 5.52. The molecule has 0 aromatic heterocycles. The smallest absolute Gasteiger partial charge is 0.277 e. The number of hydrogen-bond donors (Lipinski definition) is 1. The maximum Gasteiger partial charge on any atom is 0.277 e. The van der Waals surface area contributed by atoms with Crippen molar-refractivity contribution in [3.8, 4) is 0 Å². The van der Waals surface area contributed by atoms with Gasteiger partial charge in [-0.1, -0.05) is 43.7 Å². The highest BCUT2D eigenvalue weighted by molar-refractivity contribution is 7.86. The molecule has 6 nitrogen and oxygen atoms in total. The lowest BCUT2D eigenvalue weighted by Gasteiger charge is -2.35. The predicted molar refractivity (Wildman–Crippen MR) is 85.4 cm³/mol. The highest BCUT2D eigenvalue weighted by atomic mass is 32.2. The minimum absolute atomic E-state index is 0.0714. The van der Waals surface area contributed by atoms with Crippen LogP contribution in [-0.2, 0) is 15.0 Å². The van der Waals surface area contributed by atoms with E-state index in [1.807, 2.05) is 30.3 Å². The second kappa shape index (κ2) is 7.21. The van der Waals surface area contributed by atoms with E-state index >= 15 is 0 Å². The number of rotatable bonds is 5. The Balaban J connectivity index is 2.06. The van der Waals surface area contributed by atoms with Gasteiger partial charge in [-0.3, -0.25) is 4.79 Å². The van der Waals surface area contributed by atoms with E-state index < -0.39 is 10.2 Å². The first kappa shape index (κ1) is 16.9. The van der Waals surface area contributed by atoms with E-state index in [1.54, 1.807) is 4.90 Å². The van der Waals surface area contributed by atoms with Crippen molar-refractivity contribution in [2.45, 2.75) is 25.7 Å². The van der Waals surface area contributed by atoms with Crippen molar-refractivity contribution in [2.24, 2.45) is 5.14 Å². The first-order valence-electron chi connectivity index (χ1n) is 7.55. The molecule has 2 N–H and O–H groups in total. The Bertz CT molecular complexity index is 596. The van der Waals surface area contributed by atoms with Gasteiger partial charge >= 0.3 is 0 Å². The molecule has 0 bridgehead atoms. The summed E-state index contributed by atoms with van der Waals surface area (Å²) in [6.07, 6.45) is 1.71. The van der Waals surface area contributed by atoms with Crippen LogP contribution >= 0.6 is 0 Å². The van der Waals surface area contributed by atoms with Crippen molar-refractivity contribution >= 4 is 16.1 Å². The fourth-order valence-electron chi connectivity index (χ4n) is 2.79. The molecule has 0 unspecified atom stereocenters. The molecule has 1 heterocycles. The van der Waals surface area contributed by atoms with Crippen molar-refractivity contribution < 1.29 is 13.2 Å². The van der Waals surface area contributed by atoms with Gasteiger partial charge in [-0.2, -0.15) is 12.7 Å². The van der Waals surface area contributed by atoms with Gasteiger partial charge in [-0.25, -0.2) is 5.14 Å². The number of carbonyl (C=O) groups excluding carboxylic acids is 1. The van der Waals surface area contributed by atoms with Crippen LogP contribution in [-0.4, -0.2) is 49.7 Å². The number of nitrogens with zero attached hydrogens (tertiary/aromatic N) is 2. The molecule has 1 aromatic rings. The van der Waals surface area contributed by atoms with Crippen molar-refractivity contribution in [2.75, 3.05) is 26.2 Å². The first-order valence-corrected chi connectivity index (χ1v) is 9.05. The molecule has 1 aromatic carbocycles. The van der Waals surface area contributed by atoms with Gasteiger partial charge in [0.1, 0.15) is 0 Å². The van der Waals surface area contributed by atoms with Crippen LogP contribution < -0.4 is 5.14 Å². The number of benzene rings is 1. The molecular weight excluding hydrogens is 302 g/mol. The van der Waals surface area contributed by atoms with E-state index in [2.05, 4.69) is 6.92 Å². The van der Waals surface area contributed by atoms with Crippen LogP contribution in [0.5, 0.6) is 0 Å². The van der Waals surface area contributed by atoms with Crippen molar-refractivity contribution in [1.29, 1.82) is 0 Å². The molecule has 1 atom stereocenters. The van der Waals surface area contributed by atoms with Crippen molar-refractivity contribution in [1.82, 2.24) is 9.21 Å². The van der Waals surface area contributed by atoms with E-state index in [9.17, 15) is 13.2 Å². The molecule has 1 saturated heterocycles. The molecule has 1 aliphatic rings.